The molecule has 0 atom stereocenters. The number of nitrogens with zero attached hydrogens (tertiary/aromatic N) is 1. The SMILES string of the molecule is O=C(O)C=Cc1cccc(OCC(=O)N2CCCCC2)c1. The predicted octanol–water partition coefficient (Wildman–Crippen LogP) is 2.18. The van der Waals surface area contributed by atoms with Crippen molar-refractivity contribution in [2.45, 2.75) is 19.3 Å². The van der Waals surface area contributed by atoms with Gasteiger partial charge in [-0.05, 0) is 43.0 Å². The van der Waals surface area contributed by atoms with E-state index in [-0.39, 0.29) is 12.5 Å². The minimum Gasteiger partial charge on any atom is -0.484 e. The average Bonchev–Trinajstić information content (AvgIpc) is 2.52. The molecule has 0 bridgehead atoms. The quantitative estimate of drug-likeness (QED) is 0.844. The first kappa shape index (κ1) is 15.1. The molecule has 1 saturated heterocycles. The van der Waals surface area contributed by atoms with Gasteiger partial charge in [0.2, 0.25) is 0 Å². The van der Waals surface area contributed by atoms with Gasteiger partial charge >= 0.3 is 5.97 Å². The molecule has 0 saturated carbocycles. The molecule has 1 aromatic rings. The topological polar surface area (TPSA) is 66.8 Å². The minimum atomic E-state index is -0.999. The fourth-order valence-corrected chi connectivity index (χ4v) is 2.26. The Morgan fingerprint density at radius 1 is 1.24 bits per heavy atom. The molecular formula is C16H19NO4. The number of benzene rings is 1. The van der Waals surface area contributed by atoms with Crippen LogP contribution in [0, 0.1) is 0 Å². The minimum absolute atomic E-state index is 0.00109. The van der Waals surface area contributed by atoms with Gasteiger partial charge in [-0.15, -0.1) is 0 Å². The van der Waals surface area contributed by atoms with Crippen molar-refractivity contribution in [3.63, 3.8) is 0 Å². The van der Waals surface area contributed by atoms with E-state index >= 15 is 0 Å². The number of rotatable bonds is 5. The zero-order valence-corrected chi connectivity index (χ0v) is 11.8. The maximum atomic E-state index is 12.0. The van der Waals surface area contributed by atoms with Crippen LogP contribution in [0.2, 0.25) is 0 Å². The van der Waals surface area contributed by atoms with Crippen LogP contribution in [0.4, 0.5) is 0 Å². The Kier molecular flexibility index (Phi) is 5.37. The zero-order chi connectivity index (χ0) is 15.1. The third-order valence-corrected chi connectivity index (χ3v) is 3.35. The van der Waals surface area contributed by atoms with Crippen LogP contribution in [0.3, 0.4) is 0 Å². The van der Waals surface area contributed by atoms with E-state index in [4.69, 9.17) is 9.84 Å². The first-order valence-corrected chi connectivity index (χ1v) is 7.07. The first-order chi connectivity index (χ1) is 10.1. The van der Waals surface area contributed by atoms with Crippen molar-refractivity contribution >= 4 is 18.0 Å². The summed E-state index contributed by atoms with van der Waals surface area (Å²) in [6.07, 6.45) is 5.85. The summed E-state index contributed by atoms with van der Waals surface area (Å²) in [4.78, 5) is 24.3. The Labute approximate surface area is 123 Å². The third-order valence-electron chi connectivity index (χ3n) is 3.35. The monoisotopic (exact) mass is 289 g/mol. The number of aliphatic carboxylic acids is 1. The molecule has 5 nitrogen and oxygen atoms in total. The van der Waals surface area contributed by atoms with E-state index in [9.17, 15) is 9.59 Å². The molecule has 0 spiro atoms. The number of carboxylic acid groups (broad SMARTS) is 1. The van der Waals surface area contributed by atoms with Gasteiger partial charge in [-0.25, -0.2) is 4.79 Å². The molecule has 1 amide bonds. The Morgan fingerprint density at radius 2 is 2.00 bits per heavy atom. The maximum Gasteiger partial charge on any atom is 0.328 e. The summed E-state index contributed by atoms with van der Waals surface area (Å²) in [5.41, 5.74) is 0.723. The number of hydrogen-bond donors (Lipinski definition) is 1. The molecule has 1 aliphatic heterocycles. The van der Waals surface area contributed by atoms with Crippen molar-refractivity contribution < 1.29 is 19.4 Å². The molecule has 5 heteroatoms. The molecule has 112 valence electrons. The van der Waals surface area contributed by atoms with E-state index in [0.717, 1.165) is 37.6 Å². The van der Waals surface area contributed by atoms with Crippen molar-refractivity contribution in [2.75, 3.05) is 19.7 Å². The van der Waals surface area contributed by atoms with Crippen LogP contribution in [0.5, 0.6) is 5.75 Å². The van der Waals surface area contributed by atoms with Gasteiger partial charge in [0.15, 0.2) is 6.61 Å². The highest BCUT2D eigenvalue weighted by molar-refractivity contribution is 5.85. The van der Waals surface area contributed by atoms with Gasteiger partial charge in [-0.1, -0.05) is 12.1 Å². The molecule has 0 aromatic heterocycles. The smallest absolute Gasteiger partial charge is 0.328 e. The molecule has 1 heterocycles. The van der Waals surface area contributed by atoms with E-state index in [0.29, 0.717) is 5.75 Å². The molecule has 21 heavy (non-hydrogen) atoms. The molecular weight excluding hydrogens is 270 g/mol. The predicted molar refractivity (Wildman–Crippen MR) is 79.0 cm³/mol. The van der Waals surface area contributed by atoms with Crippen LogP contribution >= 0.6 is 0 Å². The van der Waals surface area contributed by atoms with Crippen molar-refractivity contribution in [2.24, 2.45) is 0 Å². The molecule has 0 unspecified atom stereocenters. The van der Waals surface area contributed by atoms with Crippen molar-refractivity contribution in [3.05, 3.63) is 35.9 Å². The van der Waals surface area contributed by atoms with Crippen molar-refractivity contribution in [3.8, 4) is 5.75 Å². The van der Waals surface area contributed by atoms with Crippen LogP contribution in [-0.4, -0.2) is 41.6 Å². The van der Waals surface area contributed by atoms with E-state index in [1.807, 2.05) is 4.90 Å². The van der Waals surface area contributed by atoms with Gasteiger partial charge in [0, 0.05) is 19.2 Å². The highest BCUT2D eigenvalue weighted by atomic mass is 16.5. The lowest BCUT2D eigenvalue weighted by Crippen LogP contribution is -2.38. The number of piperidine rings is 1. The Hall–Kier alpha value is -2.30. The van der Waals surface area contributed by atoms with Crippen LogP contribution in [0.1, 0.15) is 24.8 Å². The van der Waals surface area contributed by atoms with Gasteiger partial charge in [0.1, 0.15) is 5.75 Å². The third kappa shape index (κ3) is 4.95. The fraction of sp³-hybridized carbons (Fsp3) is 0.375. The number of carbonyl (C=O) groups is 2. The fourth-order valence-electron chi connectivity index (χ4n) is 2.26. The molecule has 1 aromatic carbocycles. The Morgan fingerprint density at radius 3 is 2.71 bits per heavy atom. The number of likely N-dealkylation sites (tertiary alicyclic amines) is 1. The van der Waals surface area contributed by atoms with Gasteiger partial charge in [-0.3, -0.25) is 4.79 Å². The molecule has 2 rings (SSSR count). The van der Waals surface area contributed by atoms with Crippen LogP contribution in [-0.2, 0) is 9.59 Å². The summed E-state index contributed by atoms with van der Waals surface area (Å²) in [5, 5.41) is 8.60. The van der Waals surface area contributed by atoms with Crippen LogP contribution in [0.15, 0.2) is 30.3 Å². The van der Waals surface area contributed by atoms with Gasteiger partial charge in [0.05, 0.1) is 0 Å². The van der Waals surface area contributed by atoms with Crippen molar-refractivity contribution in [1.82, 2.24) is 4.90 Å². The number of hydrogen-bond acceptors (Lipinski definition) is 3. The second-order valence-corrected chi connectivity index (χ2v) is 4.97. The maximum absolute atomic E-state index is 12.0. The summed E-state index contributed by atoms with van der Waals surface area (Å²) in [5.74, 6) is -0.435. The molecule has 1 N–H and O–H groups in total. The molecule has 0 aliphatic carbocycles. The summed E-state index contributed by atoms with van der Waals surface area (Å²) in [7, 11) is 0. The van der Waals surface area contributed by atoms with Crippen LogP contribution < -0.4 is 4.74 Å². The normalized spacial score (nSPS) is 15.1. The van der Waals surface area contributed by atoms with E-state index in [2.05, 4.69) is 0 Å². The number of carboxylic acids is 1. The molecule has 1 fully saturated rings. The lowest BCUT2D eigenvalue weighted by atomic mass is 10.1. The first-order valence-electron chi connectivity index (χ1n) is 7.07. The average molecular weight is 289 g/mol. The summed E-state index contributed by atoms with van der Waals surface area (Å²) < 4.78 is 5.50. The number of amides is 1. The largest absolute Gasteiger partial charge is 0.484 e. The zero-order valence-electron chi connectivity index (χ0n) is 11.8. The Bertz CT molecular complexity index is 533. The standard InChI is InChI=1S/C16H19NO4/c18-15(17-9-2-1-3-10-17)12-21-14-6-4-5-13(11-14)7-8-16(19)20/h4-8,11H,1-3,9-10,12H2,(H,19,20). The van der Waals surface area contributed by atoms with E-state index in [1.165, 1.54) is 12.5 Å². The van der Waals surface area contributed by atoms with Crippen LogP contribution in [0.25, 0.3) is 6.08 Å². The summed E-state index contributed by atoms with van der Waals surface area (Å²) in [6.45, 7) is 1.64. The molecule has 1 aliphatic rings. The number of ether oxygens (including phenoxy) is 1. The molecule has 0 radical (unpaired) electrons. The van der Waals surface area contributed by atoms with Crippen molar-refractivity contribution in [1.29, 1.82) is 0 Å². The van der Waals surface area contributed by atoms with Gasteiger partial charge < -0.3 is 14.7 Å². The summed E-state index contributed by atoms with van der Waals surface area (Å²) in [6, 6.07) is 7.01. The lowest BCUT2D eigenvalue weighted by molar-refractivity contribution is -0.134. The van der Waals surface area contributed by atoms with Gasteiger partial charge in [0.25, 0.3) is 5.91 Å². The second kappa shape index (κ2) is 7.47. The lowest BCUT2D eigenvalue weighted by Gasteiger charge is -2.26. The highest BCUT2D eigenvalue weighted by Gasteiger charge is 2.16. The van der Waals surface area contributed by atoms with Gasteiger partial charge in [-0.2, -0.15) is 0 Å². The second-order valence-electron chi connectivity index (χ2n) is 4.97. The summed E-state index contributed by atoms with van der Waals surface area (Å²) >= 11 is 0. The Balaban J connectivity index is 1.89. The van der Waals surface area contributed by atoms with E-state index < -0.39 is 5.97 Å². The number of carbonyl (C=O) groups excluding carboxylic acids is 1. The highest BCUT2D eigenvalue weighted by Crippen LogP contribution is 2.15. The van der Waals surface area contributed by atoms with E-state index in [1.54, 1.807) is 24.3 Å².